The summed E-state index contributed by atoms with van der Waals surface area (Å²) in [6.07, 6.45) is -0.202. The van der Waals surface area contributed by atoms with Crippen molar-refractivity contribution in [1.29, 1.82) is 0 Å². The largest absolute Gasteiger partial charge is 0.474 e. The van der Waals surface area contributed by atoms with Crippen molar-refractivity contribution in [2.45, 2.75) is 24.7 Å². The SMILES string of the molecule is COC(=S)N(C)C1CN(c2ccc(N3CCN(C(=O)C4(O)CC4)CC3)c(F)c2)C(=O)O1. The van der Waals surface area contributed by atoms with E-state index in [1.165, 1.54) is 23.0 Å². The van der Waals surface area contributed by atoms with Crippen LogP contribution >= 0.6 is 12.2 Å². The number of carbonyl (C=O) groups excluding carboxylic acids is 2. The predicted molar refractivity (Wildman–Crippen MR) is 114 cm³/mol. The van der Waals surface area contributed by atoms with Gasteiger partial charge in [0.2, 0.25) is 0 Å². The summed E-state index contributed by atoms with van der Waals surface area (Å²) in [4.78, 5) is 30.9. The number of thiocarbonyl (C=S) groups is 1. The first kappa shape index (κ1) is 21.6. The molecule has 3 fully saturated rings. The lowest BCUT2D eigenvalue weighted by atomic mass is 10.2. The van der Waals surface area contributed by atoms with E-state index in [2.05, 4.69) is 0 Å². The van der Waals surface area contributed by atoms with Crippen LogP contribution in [0, 0.1) is 5.82 Å². The number of ether oxygens (including phenoxy) is 2. The first-order chi connectivity index (χ1) is 14.7. The highest BCUT2D eigenvalue weighted by Gasteiger charge is 2.50. The molecule has 1 aromatic carbocycles. The molecule has 1 unspecified atom stereocenters. The molecule has 1 saturated carbocycles. The first-order valence-electron chi connectivity index (χ1n) is 10.1. The van der Waals surface area contributed by atoms with Gasteiger partial charge in [-0.1, -0.05) is 0 Å². The van der Waals surface area contributed by atoms with Gasteiger partial charge in [-0.3, -0.25) is 14.6 Å². The van der Waals surface area contributed by atoms with Gasteiger partial charge in [-0.25, -0.2) is 9.18 Å². The molecule has 1 N–H and O–H groups in total. The highest BCUT2D eigenvalue weighted by molar-refractivity contribution is 7.80. The van der Waals surface area contributed by atoms with Gasteiger partial charge in [0.15, 0.2) is 6.23 Å². The van der Waals surface area contributed by atoms with Gasteiger partial charge in [0.1, 0.15) is 11.4 Å². The van der Waals surface area contributed by atoms with Crippen LogP contribution in [0.25, 0.3) is 0 Å². The molecule has 2 heterocycles. The van der Waals surface area contributed by atoms with Crippen LogP contribution < -0.4 is 9.80 Å². The van der Waals surface area contributed by atoms with E-state index in [-0.39, 0.29) is 17.6 Å². The zero-order valence-electron chi connectivity index (χ0n) is 17.4. The number of nitrogens with zero attached hydrogens (tertiary/aromatic N) is 4. The smallest absolute Gasteiger partial charge is 0.416 e. The lowest BCUT2D eigenvalue weighted by molar-refractivity contribution is -0.142. The molecule has 1 aromatic rings. The zero-order chi connectivity index (χ0) is 22.3. The van der Waals surface area contributed by atoms with Gasteiger partial charge in [0.25, 0.3) is 11.1 Å². The Morgan fingerprint density at radius 1 is 1.32 bits per heavy atom. The Labute approximate surface area is 184 Å². The molecule has 1 atom stereocenters. The third-order valence-corrected chi connectivity index (χ3v) is 6.42. The summed E-state index contributed by atoms with van der Waals surface area (Å²) in [5, 5.41) is 10.2. The number of piperazine rings is 1. The summed E-state index contributed by atoms with van der Waals surface area (Å²) < 4.78 is 25.2. The van der Waals surface area contributed by atoms with E-state index in [9.17, 15) is 19.1 Å². The van der Waals surface area contributed by atoms with Gasteiger partial charge in [-0.15, -0.1) is 0 Å². The monoisotopic (exact) mass is 452 g/mol. The molecule has 4 rings (SSSR count). The third-order valence-electron chi connectivity index (χ3n) is 5.96. The van der Waals surface area contributed by atoms with Crippen molar-refractivity contribution >= 4 is 40.8 Å². The zero-order valence-corrected chi connectivity index (χ0v) is 18.2. The van der Waals surface area contributed by atoms with Crippen LogP contribution in [0.15, 0.2) is 18.2 Å². The van der Waals surface area contributed by atoms with Crippen molar-refractivity contribution in [3.63, 3.8) is 0 Å². The van der Waals surface area contributed by atoms with Crippen molar-refractivity contribution < 1.29 is 28.6 Å². The summed E-state index contributed by atoms with van der Waals surface area (Å²) in [5.41, 5.74) is -0.392. The quantitative estimate of drug-likeness (QED) is 0.681. The van der Waals surface area contributed by atoms with Gasteiger partial charge in [0, 0.05) is 33.2 Å². The summed E-state index contributed by atoms with van der Waals surface area (Å²) in [5.74, 6) is -0.696. The van der Waals surface area contributed by atoms with Crippen molar-refractivity contribution in [1.82, 2.24) is 9.80 Å². The van der Waals surface area contributed by atoms with E-state index in [0.717, 1.165) is 0 Å². The van der Waals surface area contributed by atoms with Crippen LogP contribution in [-0.2, 0) is 14.3 Å². The van der Waals surface area contributed by atoms with Crippen LogP contribution in [0.5, 0.6) is 0 Å². The van der Waals surface area contributed by atoms with Crippen LogP contribution in [-0.4, -0.2) is 90.8 Å². The number of hydrogen-bond donors (Lipinski definition) is 1. The van der Waals surface area contributed by atoms with Crippen LogP contribution in [0.1, 0.15) is 12.8 Å². The molecule has 11 heteroatoms. The molecule has 0 spiro atoms. The normalized spacial score (nSPS) is 22.3. The fourth-order valence-electron chi connectivity index (χ4n) is 3.82. The van der Waals surface area contributed by atoms with Gasteiger partial charge < -0.3 is 24.4 Å². The minimum Gasteiger partial charge on any atom is -0.474 e. The van der Waals surface area contributed by atoms with E-state index in [0.29, 0.717) is 50.4 Å². The molecule has 2 aliphatic heterocycles. The van der Waals surface area contributed by atoms with E-state index in [1.807, 2.05) is 4.90 Å². The average molecular weight is 453 g/mol. The molecule has 31 heavy (non-hydrogen) atoms. The van der Waals surface area contributed by atoms with E-state index < -0.39 is 23.7 Å². The highest BCUT2D eigenvalue weighted by Crippen LogP contribution is 2.37. The number of amides is 2. The molecule has 2 amide bonds. The molecule has 1 aliphatic carbocycles. The molecular formula is C20H25FN4O5S. The molecular weight excluding hydrogens is 427 g/mol. The molecule has 9 nitrogen and oxygen atoms in total. The van der Waals surface area contributed by atoms with E-state index in [1.54, 1.807) is 24.1 Å². The lowest BCUT2D eigenvalue weighted by Crippen LogP contribution is -2.52. The minimum atomic E-state index is -1.18. The number of cyclic esters (lactones) is 1. The maximum absolute atomic E-state index is 14.9. The summed E-state index contributed by atoms with van der Waals surface area (Å²) >= 11 is 5.06. The maximum Gasteiger partial charge on any atom is 0.416 e. The number of benzene rings is 1. The summed E-state index contributed by atoms with van der Waals surface area (Å²) in [7, 11) is 3.09. The Bertz CT molecular complexity index is 904. The van der Waals surface area contributed by atoms with Crippen LogP contribution in [0.3, 0.4) is 0 Å². The lowest BCUT2D eigenvalue weighted by Gasteiger charge is -2.37. The first-order valence-corrected chi connectivity index (χ1v) is 10.5. The van der Waals surface area contributed by atoms with Crippen LogP contribution in [0.4, 0.5) is 20.6 Å². The number of anilines is 2. The second kappa shape index (κ2) is 8.12. The van der Waals surface area contributed by atoms with Crippen LogP contribution in [0.2, 0.25) is 0 Å². The second-order valence-electron chi connectivity index (χ2n) is 7.98. The van der Waals surface area contributed by atoms with Crippen molar-refractivity contribution in [2.75, 3.05) is 56.7 Å². The third kappa shape index (κ3) is 4.11. The summed E-state index contributed by atoms with van der Waals surface area (Å²) in [6.45, 7) is 1.96. The molecule has 168 valence electrons. The number of methoxy groups -OCH3 is 1. The molecule has 2 saturated heterocycles. The molecule has 0 bridgehead atoms. The van der Waals surface area contributed by atoms with Crippen molar-refractivity contribution in [3.8, 4) is 0 Å². The Balaban J connectivity index is 1.40. The van der Waals surface area contributed by atoms with Gasteiger partial charge in [-0.2, -0.15) is 0 Å². The Morgan fingerprint density at radius 3 is 2.58 bits per heavy atom. The predicted octanol–water partition coefficient (Wildman–Crippen LogP) is 1.14. The Kier molecular flexibility index (Phi) is 5.65. The Hall–Kier alpha value is -2.66. The number of carbonyl (C=O) groups is 2. The molecule has 0 radical (unpaired) electrons. The molecule has 0 aromatic heterocycles. The molecule has 3 aliphatic rings. The second-order valence-corrected chi connectivity index (χ2v) is 8.33. The average Bonchev–Trinajstić information content (AvgIpc) is 3.41. The number of aliphatic hydroxyl groups is 1. The fourth-order valence-corrected chi connectivity index (χ4v) is 3.94. The maximum atomic E-state index is 14.9. The minimum absolute atomic E-state index is 0.182. The number of rotatable bonds is 4. The fraction of sp³-hybridized carbons (Fsp3) is 0.550. The number of hydrogen-bond acceptors (Lipinski definition) is 7. The van der Waals surface area contributed by atoms with Crippen molar-refractivity contribution in [3.05, 3.63) is 24.0 Å². The van der Waals surface area contributed by atoms with E-state index >= 15 is 0 Å². The van der Waals surface area contributed by atoms with Crippen molar-refractivity contribution in [2.24, 2.45) is 0 Å². The summed E-state index contributed by atoms with van der Waals surface area (Å²) in [6, 6.07) is 4.60. The number of halogens is 1. The number of likely N-dealkylation sites (N-methyl/N-ethyl adjacent to an activating group) is 1. The van der Waals surface area contributed by atoms with E-state index in [4.69, 9.17) is 21.7 Å². The highest BCUT2D eigenvalue weighted by atomic mass is 32.1. The Morgan fingerprint density at radius 2 is 2.00 bits per heavy atom. The van der Waals surface area contributed by atoms with Gasteiger partial charge in [-0.05, 0) is 43.3 Å². The topological polar surface area (TPSA) is 85.8 Å². The standard InChI is InChI=1S/C20H25FN4O5S/c1-22(19(31)29-2)16-12-25(18(27)30-16)13-3-4-15(14(21)11-13)23-7-9-24(10-8-23)17(26)20(28)5-6-20/h3-4,11,16,28H,5-10,12H2,1-2H3. The van der Waals surface area contributed by atoms with Gasteiger partial charge >= 0.3 is 6.09 Å². The van der Waals surface area contributed by atoms with Gasteiger partial charge in [0.05, 0.1) is 25.0 Å².